The van der Waals surface area contributed by atoms with Crippen molar-refractivity contribution in [1.82, 2.24) is 5.32 Å². The molecular weight excluding hydrogens is 351 g/mol. The maximum Gasteiger partial charge on any atom is 0.319 e. The zero-order chi connectivity index (χ0) is 15.9. The summed E-state index contributed by atoms with van der Waals surface area (Å²) in [5, 5.41) is 5.37. The Hall–Kier alpha value is -2.08. The van der Waals surface area contributed by atoms with E-state index < -0.39 is 5.82 Å². The molecule has 0 fully saturated rings. The largest absolute Gasteiger partial charge is 0.489 e. The lowest BCUT2D eigenvalue weighted by atomic mass is 10.2. The molecule has 2 aromatic carbocycles. The summed E-state index contributed by atoms with van der Waals surface area (Å²) in [6, 6.07) is 11.4. The standard InChI is InChI=1S/C16H16BrFN2O2/c1-11-6-7-14(12(17)10-11)20-16(21)19-8-9-22-15-5-3-2-4-13(15)18/h2-7,10H,8-9H2,1H3,(H2,19,20,21). The maximum absolute atomic E-state index is 13.3. The van der Waals surface area contributed by atoms with Crippen molar-refractivity contribution in [2.45, 2.75) is 6.92 Å². The number of hydrogen-bond acceptors (Lipinski definition) is 2. The van der Waals surface area contributed by atoms with Gasteiger partial charge in [0.2, 0.25) is 0 Å². The van der Waals surface area contributed by atoms with Crippen LogP contribution in [0.2, 0.25) is 0 Å². The molecular formula is C16H16BrFN2O2. The second kappa shape index (κ2) is 7.79. The summed E-state index contributed by atoms with van der Waals surface area (Å²) < 4.78 is 19.4. The van der Waals surface area contributed by atoms with E-state index in [0.717, 1.165) is 10.0 Å². The fourth-order valence-corrected chi connectivity index (χ4v) is 2.37. The summed E-state index contributed by atoms with van der Waals surface area (Å²) in [4.78, 5) is 11.8. The van der Waals surface area contributed by atoms with Crippen molar-refractivity contribution in [3.05, 3.63) is 58.3 Å². The number of para-hydroxylation sites is 1. The highest BCUT2D eigenvalue weighted by Crippen LogP contribution is 2.23. The van der Waals surface area contributed by atoms with Crippen LogP contribution in [0.25, 0.3) is 0 Å². The number of ether oxygens (including phenoxy) is 1. The van der Waals surface area contributed by atoms with E-state index in [9.17, 15) is 9.18 Å². The van der Waals surface area contributed by atoms with Gasteiger partial charge in [-0.2, -0.15) is 0 Å². The van der Waals surface area contributed by atoms with Gasteiger partial charge in [0.15, 0.2) is 11.6 Å². The number of benzene rings is 2. The van der Waals surface area contributed by atoms with Gasteiger partial charge < -0.3 is 15.4 Å². The third kappa shape index (κ3) is 4.73. The van der Waals surface area contributed by atoms with Gasteiger partial charge >= 0.3 is 6.03 Å². The molecule has 0 radical (unpaired) electrons. The number of anilines is 1. The highest BCUT2D eigenvalue weighted by atomic mass is 79.9. The van der Waals surface area contributed by atoms with Crippen LogP contribution in [-0.4, -0.2) is 19.2 Å². The molecule has 0 aromatic heterocycles. The van der Waals surface area contributed by atoms with E-state index in [2.05, 4.69) is 26.6 Å². The van der Waals surface area contributed by atoms with E-state index in [1.54, 1.807) is 18.2 Å². The Bertz CT molecular complexity index is 664. The number of halogens is 2. The monoisotopic (exact) mass is 366 g/mol. The van der Waals surface area contributed by atoms with Gasteiger partial charge in [0, 0.05) is 4.47 Å². The van der Waals surface area contributed by atoms with E-state index in [0.29, 0.717) is 5.69 Å². The van der Waals surface area contributed by atoms with Crippen LogP contribution in [0.3, 0.4) is 0 Å². The highest BCUT2D eigenvalue weighted by Gasteiger charge is 2.05. The molecule has 0 saturated heterocycles. The lowest BCUT2D eigenvalue weighted by molar-refractivity contribution is 0.246. The highest BCUT2D eigenvalue weighted by molar-refractivity contribution is 9.10. The number of hydrogen-bond donors (Lipinski definition) is 2. The van der Waals surface area contributed by atoms with Gasteiger partial charge in [-0.15, -0.1) is 0 Å². The quantitative estimate of drug-likeness (QED) is 0.782. The first-order chi connectivity index (χ1) is 10.6. The van der Waals surface area contributed by atoms with Crippen molar-refractivity contribution >= 4 is 27.6 Å². The number of rotatable bonds is 5. The van der Waals surface area contributed by atoms with Crippen molar-refractivity contribution in [2.75, 3.05) is 18.5 Å². The van der Waals surface area contributed by atoms with Gasteiger partial charge in [0.05, 0.1) is 12.2 Å². The SMILES string of the molecule is Cc1ccc(NC(=O)NCCOc2ccccc2F)c(Br)c1. The van der Waals surface area contributed by atoms with Crippen LogP contribution >= 0.6 is 15.9 Å². The van der Waals surface area contributed by atoms with Crippen LogP contribution in [0.1, 0.15) is 5.56 Å². The lowest BCUT2D eigenvalue weighted by Crippen LogP contribution is -2.32. The number of aryl methyl sites for hydroxylation is 1. The molecule has 116 valence electrons. The Labute approximate surface area is 136 Å². The summed E-state index contributed by atoms with van der Waals surface area (Å²) in [5.74, 6) is -0.249. The first kappa shape index (κ1) is 16.3. The van der Waals surface area contributed by atoms with Gasteiger partial charge in [0.1, 0.15) is 6.61 Å². The van der Waals surface area contributed by atoms with Crippen molar-refractivity contribution in [1.29, 1.82) is 0 Å². The molecule has 0 aliphatic rings. The van der Waals surface area contributed by atoms with Crippen molar-refractivity contribution in [3.63, 3.8) is 0 Å². The van der Waals surface area contributed by atoms with E-state index in [1.165, 1.54) is 6.07 Å². The molecule has 0 unspecified atom stereocenters. The van der Waals surface area contributed by atoms with Gasteiger partial charge in [0.25, 0.3) is 0 Å². The maximum atomic E-state index is 13.3. The summed E-state index contributed by atoms with van der Waals surface area (Å²) >= 11 is 3.39. The summed E-state index contributed by atoms with van der Waals surface area (Å²) in [7, 11) is 0. The number of carbonyl (C=O) groups excluding carboxylic acids is 1. The molecule has 22 heavy (non-hydrogen) atoms. The van der Waals surface area contributed by atoms with E-state index in [4.69, 9.17) is 4.74 Å². The zero-order valence-corrected chi connectivity index (χ0v) is 13.6. The lowest BCUT2D eigenvalue weighted by Gasteiger charge is -2.10. The Balaban J connectivity index is 1.75. The normalized spacial score (nSPS) is 10.1. The average molecular weight is 367 g/mol. The minimum absolute atomic E-state index is 0.172. The van der Waals surface area contributed by atoms with Crippen LogP contribution in [0.4, 0.5) is 14.9 Å². The third-order valence-corrected chi connectivity index (χ3v) is 3.51. The fourth-order valence-electron chi connectivity index (χ4n) is 1.78. The summed E-state index contributed by atoms with van der Waals surface area (Å²) in [6.07, 6.45) is 0. The molecule has 0 saturated carbocycles. The average Bonchev–Trinajstić information content (AvgIpc) is 2.48. The van der Waals surface area contributed by atoms with Gasteiger partial charge in [-0.25, -0.2) is 9.18 Å². The fraction of sp³-hybridized carbons (Fsp3) is 0.188. The number of amides is 2. The summed E-state index contributed by atoms with van der Waals surface area (Å²) in [6.45, 7) is 2.42. The molecule has 4 nitrogen and oxygen atoms in total. The van der Waals surface area contributed by atoms with Crippen LogP contribution < -0.4 is 15.4 Å². The molecule has 2 N–H and O–H groups in total. The van der Waals surface area contributed by atoms with Gasteiger partial charge in [-0.05, 0) is 52.7 Å². The van der Waals surface area contributed by atoms with E-state index in [1.807, 2.05) is 25.1 Å². The Kier molecular flexibility index (Phi) is 5.77. The molecule has 0 spiro atoms. The predicted octanol–water partition coefficient (Wildman–Crippen LogP) is 4.10. The molecule has 6 heteroatoms. The topological polar surface area (TPSA) is 50.4 Å². The van der Waals surface area contributed by atoms with E-state index >= 15 is 0 Å². The van der Waals surface area contributed by atoms with Gasteiger partial charge in [-0.1, -0.05) is 18.2 Å². The number of carbonyl (C=O) groups is 1. The predicted molar refractivity (Wildman–Crippen MR) is 87.8 cm³/mol. The molecule has 2 rings (SSSR count). The molecule has 0 heterocycles. The van der Waals surface area contributed by atoms with E-state index in [-0.39, 0.29) is 24.9 Å². The minimum Gasteiger partial charge on any atom is -0.489 e. The van der Waals surface area contributed by atoms with Gasteiger partial charge in [-0.3, -0.25) is 0 Å². The van der Waals surface area contributed by atoms with Crippen LogP contribution in [-0.2, 0) is 0 Å². The third-order valence-electron chi connectivity index (χ3n) is 2.85. The molecule has 0 bridgehead atoms. The Morgan fingerprint density at radius 3 is 2.77 bits per heavy atom. The van der Waals surface area contributed by atoms with Crippen LogP contribution in [0.15, 0.2) is 46.9 Å². The number of urea groups is 1. The molecule has 0 aliphatic heterocycles. The second-order valence-electron chi connectivity index (χ2n) is 4.64. The van der Waals surface area contributed by atoms with Crippen molar-refractivity contribution < 1.29 is 13.9 Å². The molecule has 2 amide bonds. The zero-order valence-electron chi connectivity index (χ0n) is 12.0. The molecule has 0 aliphatic carbocycles. The molecule has 2 aromatic rings. The second-order valence-corrected chi connectivity index (χ2v) is 5.50. The smallest absolute Gasteiger partial charge is 0.319 e. The van der Waals surface area contributed by atoms with Crippen LogP contribution in [0, 0.1) is 12.7 Å². The summed E-state index contributed by atoms with van der Waals surface area (Å²) in [5.41, 5.74) is 1.77. The minimum atomic E-state index is -0.421. The van der Waals surface area contributed by atoms with Crippen LogP contribution in [0.5, 0.6) is 5.75 Å². The first-order valence-electron chi connectivity index (χ1n) is 6.74. The van der Waals surface area contributed by atoms with Crippen molar-refractivity contribution in [2.24, 2.45) is 0 Å². The molecule has 0 atom stereocenters. The Morgan fingerprint density at radius 1 is 1.27 bits per heavy atom. The van der Waals surface area contributed by atoms with Crippen molar-refractivity contribution in [3.8, 4) is 5.75 Å². The first-order valence-corrected chi connectivity index (χ1v) is 7.54. The number of nitrogens with one attached hydrogen (secondary N) is 2. The Morgan fingerprint density at radius 2 is 2.05 bits per heavy atom.